The monoisotopic (exact) mass is 106 g/mol. The first-order chi connectivity index (χ1) is 3.27. The van der Waals surface area contributed by atoms with Crippen LogP contribution in [0.25, 0.3) is 0 Å². The molecule has 0 heterocycles. The van der Waals surface area contributed by atoms with E-state index in [0.717, 1.165) is 6.41 Å². The van der Waals surface area contributed by atoms with E-state index in [-0.39, 0.29) is 0 Å². The normalized spacial score (nSPS) is 5.71. The topological polar surface area (TPSA) is 66.6 Å². The molecule has 4 nitrogen and oxygen atoms in total. The molecule has 0 saturated carbocycles. The fraction of sp³-hybridized carbons (Fsp3) is 0.667. The minimum atomic E-state index is 0.750. The molecule has 0 aliphatic heterocycles. The van der Waals surface area contributed by atoms with Gasteiger partial charge in [0.1, 0.15) is 0 Å². The standard InChI is InChI=1S/C3H7NO.H3NO/c1-4(2)3-5;1-2/h3H,1-2H3;2H,1H2. The van der Waals surface area contributed by atoms with Crippen LogP contribution in [-0.2, 0) is 4.79 Å². The van der Waals surface area contributed by atoms with Crippen molar-refractivity contribution in [1.29, 1.82) is 0 Å². The highest BCUT2D eigenvalue weighted by molar-refractivity contribution is 5.45. The van der Waals surface area contributed by atoms with Crippen LogP contribution in [0.1, 0.15) is 0 Å². The highest BCUT2D eigenvalue weighted by atomic mass is 16.4. The van der Waals surface area contributed by atoms with Crippen molar-refractivity contribution in [3.05, 3.63) is 0 Å². The van der Waals surface area contributed by atoms with E-state index in [0.29, 0.717) is 0 Å². The average Bonchev–Trinajstić information content (AvgIpc) is 1.73. The van der Waals surface area contributed by atoms with Crippen LogP contribution in [0.2, 0.25) is 0 Å². The van der Waals surface area contributed by atoms with Crippen molar-refractivity contribution in [3.63, 3.8) is 0 Å². The summed E-state index contributed by atoms with van der Waals surface area (Å²) in [5, 5.41) is 6.50. The van der Waals surface area contributed by atoms with E-state index in [4.69, 9.17) is 5.21 Å². The van der Waals surface area contributed by atoms with Crippen molar-refractivity contribution < 1.29 is 10.0 Å². The number of hydrogen-bond acceptors (Lipinski definition) is 3. The number of rotatable bonds is 1. The predicted molar refractivity (Wildman–Crippen MR) is 25.7 cm³/mol. The molecule has 0 saturated heterocycles. The predicted octanol–water partition coefficient (Wildman–Crippen LogP) is -0.961. The molecule has 0 atom stereocenters. The molecule has 0 unspecified atom stereocenters. The molecule has 1 amide bonds. The van der Waals surface area contributed by atoms with Gasteiger partial charge in [0.25, 0.3) is 0 Å². The van der Waals surface area contributed by atoms with E-state index < -0.39 is 0 Å². The van der Waals surface area contributed by atoms with Gasteiger partial charge in [-0.1, -0.05) is 0 Å². The van der Waals surface area contributed by atoms with E-state index in [1.54, 1.807) is 14.1 Å². The lowest BCUT2D eigenvalue weighted by Crippen LogP contribution is -2.06. The van der Waals surface area contributed by atoms with E-state index in [1.807, 2.05) is 0 Å². The van der Waals surface area contributed by atoms with E-state index in [9.17, 15) is 4.79 Å². The maximum absolute atomic E-state index is 9.43. The summed E-state index contributed by atoms with van der Waals surface area (Å²) in [6.45, 7) is 0. The van der Waals surface area contributed by atoms with Crippen LogP contribution in [-0.4, -0.2) is 30.6 Å². The first-order valence-electron chi connectivity index (χ1n) is 1.65. The highest BCUT2D eigenvalue weighted by Gasteiger charge is 1.68. The van der Waals surface area contributed by atoms with Gasteiger partial charge >= 0.3 is 0 Å². The lowest BCUT2D eigenvalue weighted by molar-refractivity contribution is -0.115. The van der Waals surface area contributed by atoms with Crippen molar-refractivity contribution in [2.45, 2.75) is 0 Å². The van der Waals surface area contributed by atoms with Crippen molar-refractivity contribution >= 4 is 6.41 Å². The SMILES string of the molecule is CN(C)C=O.NO. The largest absolute Gasteiger partial charge is 0.351 e. The molecule has 0 fully saturated rings. The minimum Gasteiger partial charge on any atom is -0.351 e. The van der Waals surface area contributed by atoms with Gasteiger partial charge in [-0.3, -0.25) is 4.79 Å². The van der Waals surface area contributed by atoms with E-state index in [2.05, 4.69) is 5.90 Å². The Morgan fingerprint density at radius 1 is 1.57 bits per heavy atom. The lowest BCUT2D eigenvalue weighted by atomic mass is 11.0. The summed E-state index contributed by atoms with van der Waals surface area (Å²) in [5.74, 6) is 3.50. The van der Waals surface area contributed by atoms with Gasteiger partial charge < -0.3 is 10.1 Å². The average molecular weight is 106 g/mol. The molecular weight excluding hydrogens is 96.0 g/mol. The first-order valence-corrected chi connectivity index (χ1v) is 1.65. The van der Waals surface area contributed by atoms with Crippen molar-refractivity contribution in [2.75, 3.05) is 14.1 Å². The molecule has 7 heavy (non-hydrogen) atoms. The van der Waals surface area contributed by atoms with Gasteiger partial charge in [0.2, 0.25) is 6.41 Å². The molecule has 0 bridgehead atoms. The Bertz CT molecular complexity index is 37.9. The third kappa shape index (κ3) is 32.1. The molecular formula is C3H10N2O2. The summed E-state index contributed by atoms with van der Waals surface area (Å²) in [6.07, 6.45) is 0.750. The van der Waals surface area contributed by atoms with Gasteiger partial charge in [-0.15, -0.1) is 0 Å². The molecule has 0 rings (SSSR count). The Balaban J connectivity index is 0. The first kappa shape index (κ1) is 9.63. The Hall–Kier alpha value is -0.610. The van der Waals surface area contributed by atoms with Crippen molar-refractivity contribution in [1.82, 2.24) is 4.90 Å². The Labute approximate surface area is 42.5 Å². The molecule has 0 aromatic rings. The van der Waals surface area contributed by atoms with Gasteiger partial charge in [-0.2, -0.15) is 0 Å². The van der Waals surface area contributed by atoms with Gasteiger partial charge in [0.15, 0.2) is 0 Å². The molecule has 0 radical (unpaired) electrons. The van der Waals surface area contributed by atoms with Crippen LogP contribution in [0.5, 0.6) is 0 Å². The van der Waals surface area contributed by atoms with Crippen LogP contribution in [0.15, 0.2) is 0 Å². The minimum absolute atomic E-state index is 0.750. The Morgan fingerprint density at radius 3 is 1.71 bits per heavy atom. The maximum atomic E-state index is 9.43. The highest BCUT2D eigenvalue weighted by Crippen LogP contribution is 1.52. The Kier molecular flexibility index (Phi) is 12.4. The van der Waals surface area contributed by atoms with Crippen LogP contribution >= 0.6 is 0 Å². The summed E-state index contributed by atoms with van der Waals surface area (Å²) in [7, 11) is 3.38. The van der Waals surface area contributed by atoms with Crippen LogP contribution in [0, 0.1) is 0 Å². The number of hydrogen-bond donors (Lipinski definition) is 2. The van der Waals surface area contributed by atoms with Crippen molar-refractivity contribution in [2.24, 2.45) is 5.90 Å². The summed E-state index contributed by atoms with van der Waals surface area (Å²) >= 11 is 0. The van der Waals surface area contributed by atoms with Gasteiger partial charge in [0.05, 0.1) is 0 Å². The van der Waals surface area contributed by atoms with Gasteiger partial charge in [0, 0.05) is 14.1 Å². The molecule has 0 aliphatic rings. The van der Waals surface area contributed by atoms with Crippen LogP contribution < -0.4 is 5.90 Å². The Morgan fingerprint density at radius 2 is 1.71 bits per heavy atom. The molecule has 0 aromatic heterocycles. The summed E-state index contributed by atoms with van der Waals surface area (Å²) < 4.78 is 0. The van der Waals surface area contributed by atoms with E-state index in [1.165, 1.54) is 4.90 Å². The van der Waals surface area contributed by atoms with Gasteiger partial charge in [-0.05, 0) is 0 Å². The second kappa shape index (κ2) is 9.04. The van der Waals surface area contributed by atoms with Crippen LogP contribution in [0.3, 0.4) is 0 Å². The second-order valence-electron chi connectivity index (χ2n) is 1.07. The zero-order chi connectivity index (χ0) is 6.28. The quantitative estimate of drug-likeness (QED) is 0.334. The molecule has 0 aliphatic carbocycles. The fourth-order valence-electron chi connectivity index (χ4n) is 0. The summed E-state index contributed by atoms with van der Waals surface area (Å²) in [6, 6.07) is 0. The van der Waals surface area contributed by atoms with Gasteiger partial charge in [-0.25, -0.2) is 5.90 Å². The molecule has 0 aromatic carbocycles. The number of nitrogens with two attached hydrogens (primary N) is 1. The summed E-state index contributed by atoms with van der Waals surface area (Å²) in [4.78, 5) is 10.9. The zero-order valence-electron chi connectivity index (χ0n) is 4.46. The number of amides is 1. The number of carbonyl (C=O) groups is 1. The zero-order valence-corrected chi connectivity index (χ0v) is 4.46. The molecule has 44 valence electrons. The number of carbonyl (C=O) groups excluding carboxylic acids is 1. The lowest BCUT2D eigenvalue weighted by Gasteiger charge is -1.93. The van der Waals surface area contributed by atoms with Crippen LogP contribution in [0.4, 0.5) is 0 Å². The fourth-order valence-corrected chi connectivity index (χ4v) is 0. The second-order valence-corrected chi connectivity index (χ2v) is 1.07. The van der Waals surface area contributed by atoms with Crippen molar-refractivity contribution in [3.8, 4) is 0 Å². The smallest absolute Gasteiger partial charge is 0.209 e. The molecule has 3 N–H and O–H groups in total. The third-order valence-corrected chi connectivity index (χ3v) is 0.211. The number of nitrogens with zero attached hydrogens (tertiary/aromatic N) is 1. The summed E-state index contributed by atoms with van der Waals surface area (Å²) in [5.41, 5.74) is 0. The molecule has 4 heteroatoms. The third-order valence-electron chi connectivity index (χ3n) is 0.211. The van der Waals surface area contributed by atoms with E-state index >= 15 is 0 Å². The maximum Gasteiger partial charge on any atom is 0.209 e. The molecule has 0 spiro atoms.